The Balaban J connectivity index is 3.02. The van der Waals surface area contributed by atoms with Crippen molar-refractivity contribution >= 4 is 11.5 Å². The fourth-order valence-corrected chi connectivity index (χ4v) is 2.54. The topological polar surface area (TPSA) is 99.4 Å². The maximum absolute atomic E-state index is 12.4. The van der Waals surface area contributed by atoms with Crippen LogP contribution in [-0.2, 0) is 7.05 Å². The molecule has 0 spiro atoms. The molecule has 2 aromatic rings. The highest BCUT2D eigenvalue weighted by Gasteiger charge is 2.19. The molecule has 0 saturated heterocycles. The van der Waals surface area contributed by atoms with E-state index in [1.807, 2.05) is 32.9 Å². The van der Waals surface area contributed by atoms with Gasteiger partial charge >= 0.3 is 5.69 Å². The van der Waals surface area contributed by atoms with Crippen molar-refractivity contribution in [3.63, 3.8) is 0 Å². The minimum Gasteiger partial charge on any atom is -0.383 e. The highest BCUT2D eigenvalue weighted by atomic mass is 16.3. The molecule has 21 heavy (non-hydrogen) atoms. The second-order valence-electron chi connectivity index (χ2n) is 5.05. The van der Waals surface area contributed by atoms with Crippen LogP contribution in [0.2, 0.25) is 0 Å². The molecule has 7 nitrogen and oxygen atoms in total. The Morgan fingerprint density at radius 2 is 1.62 bits per heavy atom. The molecular formula is C14H16N4O3. The van der Waals surface area contributed by atoms with Gasteiger partial charge in [0.2, 0.25) is 5.69 Å². The van der Waals surface area contributed by atoms with Crippen molar-refractivity contribution in [1.82, 2.24) is 9.13 Å². The van der Waals surface area contributed by atoms with Gasteiger partial charge in [0.15, 0.2) is 0 Å². The minimum atomic E-state index is -0.800. The van der Waals surface area contributed by atoms with Crippen LogP contribution >= 0.6 is 0 Å². The lowest BCUT2D eigenvalue weighted by molar-refractivity contribution is 0.732. The molecule has 2 N–H and O–H groups in total. The lowest BCUT2D eigenvalue weighted by atomic mass is 10.0. The van der Waals surface area contributed by atoms with Crippen molar-refractivity contribution in [2.24, 2.45) is 12.2 Å². The van der Waals surface area contributed by atoms with E-state index < -0.39 is 16.9 Å². The summed E-state index contributed by atoms with van der Waals surface area (Å²) in [5.74, 6) is -0.242. The highest BCUT2D eigenvalue weighted by Crippen LogP contribution is 2.24. The molecule has 1 aromatic carbocycles. The number of rotatable bonds is 2. The van der Waals surface area contributed by atoms with Gasteiger partial charge in [-0.25, -0.2) is 9.36 Å². The largest absolute Gasteiger partial charge is 0.383 e. The van der Waals surface area contributed by atoms with Crippen LogP contribution < -0.4 is 17.0 Å². The lowest BCUT2D eigenvalue weighted by Gasteiger charge is -2.17. The number of nitrogen functional groups attached to an aromatic ring is 1. The molecule has 1 aromatic heterocycles. The highest BCUT2D eigenvalue weighted by molar-refractivity contribution is 5.62. The molecule has 0 bridgehead atoms. The van der Waals surface area contributed by atoms with Gasteiger partial charge in [0.05, 0.1) is 5.69 Å². The number of nitrogens with two attached hydrogens (primary N) is 1. The normalized spacial score (nSPS) is 10.7. The molecule has 0 saturated carbocycles. The number of hydrogen-bond acceptors (Lipinski definition) is 5. The van der Waals surface area contributed by atoms with Gasteiger partial charge in [-0.1, -0.05) is 17.7 Å². The summed E-state index contributed by atoms with van der Waals surface area (Å²) < 4.78 is 1.98. The summed E-state index contributed by atoms with van der Waals surface area (Å²) in [7, 11) is 1.29. The van der Waals surface area contributed by atoms with Gasteiger partial charge in [0.1, 0.15) is 5.82 Å². The van der Waals surface area contributed by atoms with E-state index in [2.05, 4.69) is 5.18 Å². The number of nitroso groups, excluding NO2 is 1. The molecule has 1 heterocycles. The van der Waals surface area contributed by atoms with E-state index in [1.54, 1.807) is 0 Å². The predicted molar refractivity (Wildman–Crippen MR) is 81.4 cm³/mol. The number of aryl methyl sites for hydroxylation is 3. The Kier molecular flexibility index (Phi) is 3.51. The van der Waals surface area contributed by atoms with Crippen LogP contribution in [0.1, 0.15) is 16.7 Å². The summed E-state index contributed by atoms with van der Waals surface area (Å²) in [6, 6.07) is 3.79. The van der Waals surface area contributed by atoms with Gasteiger partial charge in [0, 0.05) is 7.05 Å². The number of aromatic nitrogens is 2. The summed E-state index contributed by atoms with van der Waals surface area (Å²) in [4.78, 5) is 35.1. The quantitative estimate of drug-likeness (QED) is 0.845. The van der Waals surface area contributed by atoms with Gasteiger partial charge in [-0.05, 0) is 37.1 Å². The SMILES string of the molecule is Cc1cc(C)c(-n2c(N)c(N=O)c(=O)n(C)c2=O)c(C)c1. The Bertz CT molecular complexity index is 839. The Labute approximate surface area is 120 Å². The fourth-order valence-electron chi connectivity index (χ4n) is 2.54. The summed E-state index contributed by atoms with van der Waals surface area (Å²) in [5.41, 5.74) is 7.19. The number of hydrogen-bond donors (Lipinski definition) is 1. The molecule has 0 aliphatic rings. The molecule has 0 unspecified atom stereocenters. The summed E-state index contributed by atoms with van der Waals surface area (Å²) in [5, 5.41) is 2.67. The van der Waals surface area contributed by atoms with Crippen molar-refractivity contribution in [2.45, 2.75) is 20.8 Å². The fraction of sp³-hybridized carbons (Fsp3) is 0.286. The van der Waals surface area contributed by atoms with Crippen LogP contribution in [-0.4, -0.2) is 9.13 Å². The Morgan fingerprint density at radius 1 is 1.10 bits per heavy atom. The van der Waals surface area contributed by atoms with Gasteiger partial charge in [0.25, 0.3) is 5.56 Å². The molecule has 0 atom stereocenters. The van der Waals surface area contributed by atoms with Gasteiger partial charge in [-0.15, -0.1) is 4.91 Å². The molecule has 0 fully saturated rings. The van der Waals surface area contributed by atoms with E-state index in [4.69, 9.17) is 5.73 Å². The Hall–Kier alpha value is -2.70. The first-order valence-corrected chi connectivity index (χ1v) is 6.32. The first-order valence-electron chi connectivity index (χ1n) is 6.32. The monoisotopic (exact) mass is 288 g/mol. The number of nitrogens with zero attached hydrogens (tertiary/aromatic N) is 3. The smallest absolute Gasteiger partial charge is 0.337 e. The third-order valence-electron chi connectivity index (χ3n) is 3.42. The van der Waals surface area contributed by atoms with Crippen LogP contribution in [0.15, 0.2) is 26.9 Å². The second-order valence-corrected chi connectivity index (χ2v) is 5.05. The van der Waals surface area contributed by atoms with E-state index in [0.717, 1.165) is 25.8 Å². The van der Waals surface area contributed by atoms with Crippen LogP contribution in [0.3, 0.4) is 0 Å². The van der Waals surface area contributed by atoms with Crippen molar-refractivity contribution < 1.29 is 0 Å². The molecule has 0 radical (unpaired) electrons. The standard InChI is InChI=1S/C14H16N4O3/c1-7-5-8(2)11(9(3)6-7)18-12(15)10(16-21)13(19)17(4)14(18)20/h5-6H,15H2,1-4H3. The van der Waals surface area contributed by atoms with Crippen LogP contribution in [0, 0.1) is 25.7 Å². The second kappa shape index (κ2) is 5.01. The van der Waals surface area contributed by atoms with Crippen LogP contribution in [0.5, 0.6) is 0 Å². The van der Waals surface area contributed by atoms with E-state index in [1.165, 1.54) is 7.05 Å². The van der Waals surface area contributed by atoms with Gasteiger partial charge in [-0.2, -0.15) is 0 Å². The molecule has 0 aliphatic carbocycles. The summed E-state index contributed by atoms with van der Waals surface area (Å²) in [6.45, 7) is 5.61. The zero-order valence-corrected chi connectivity index (χ0v) is 12.3. The average Bonchev–Trinajstić information content (AvgIpc) is 2.40. The summed E-state index contributed by atoms with van der Waals surface area (Å²) >= 11 is 0. The van der Waals surface area contributed by atoms with E-state index in [0.29, 0.717) is 5.69 Å². The van der Waals surface area contributed by atoms with Crippen molar-refractivity contribution in [3.05, 3.63) is 54.6 Å². The van der Waals surface area contributed by atoms with E-state index >= 15 is 0 Å². The molecule has 0 aliphatic heterocycles. The van der Waals surface area contributed by atoms with Crippen LogP contribution in [0.25, 0.3) is 5.69 Å². The Morgan fingerprint density at radius 3 is 2.10 bits per heavy atom. The molecule has 2 rings (SSSR count). The third-order valence-corrected chi connectivity index (χ3v) is 3.42. The van der Waals surface area contributed by atoms with Crippen molar-refractivity contribution in [2.75, 3.05) is 5.73 Å². The minimum absolute atomic E-state index is 0.242. The zero-order chi connectivity index (χ0) is 15.9. The maximum atomic E-state index is 12.4. The predicted octanol–water partition coefficient (Wildman–Crippen LogP) is 1.44. The average molecular weight is 288 g/mol. The molecule has 0 amide bonds. The number of anilines is 1. The molecular weight excluding hydrogens is 272 g/mol. The summed E-state index contributed by atoms with van der Waals surface area (Å²) in [6.07, 6.45) is 0. The van der Waals surface area contributed by atoms with Crippen molar-refractivity contribution in [1.29, 1.82) is 0 Å². The zero-order valence-electron chi connectivity index (χ0n) is 12.3. The van der Waals surface area contributed by atoms with E-state index in [-0.39, 0.29) is 5.82 Å². The van der Waals surface area contributed by atoms with Gasteiger partial charge < -0.3 is 5.73 Å². The van der Waals surface area contributed by atoms with Crippen LogP contribution in [0.4, 0.5) is 11.5 Å². The first-order chi connectivity index (χ1) is 9.79. The first kappa shape index (κ1) is 14.7. The third kappa shape index (κ3) is 2.16. The van der Waals surface area contributed by atoms with E-state index in [9.17, 15) is 14.5 Å². The molecule has 7 heteroatoms. The van der Waals surface area contributed by atoms with Gasteiger partial charge in [-0.3, -0.25) is 9.36 Å². The molecule has 110 valence electrons. The van der Waals surface area contributed by atoms with Crippen molar-refractivity contribution in [3.8, 4) is 5.69 Å². The maximum Gasteiger partial charge on any atom is 0.337 e. The number of benzene rings is 1. The lowest BCUT2D eigenvalue weighted by Crippen LogP contribution is -2.38.